The molecule has 1 aliphatic rings. The van der Waals surface area contributed by atoms with E-state index in [-0.39, 0.29) is 0 Å². The van der Waals surface area contributed by atoms with Crippen LogP contribution in [0, 0.1) is 5.41 Å². The number of nitrogens with zero attached hydrogens (tertiary/aromatic N) is 1. The van der Waals surface area contributed by atoms with E-state index in [2.05, 4.69) is 25.7 Å². The number of rotatable bonds is 3. The summed E-state index contributed by atoms with van der Waals surface area (Å²) in [5.74, 6) is 0. The fourth-order valence-electron chi connectivity index (χ4n) is 2.10. The molecule has 0 spiro atoms. The number of hydrogen-bond donors (Lipinski definition) is 1. The Morgan fingerprint density at radius 2 is 2.00 bits per heavy atom. The summed E-state index contributed by atoms with van der Waals surface area (Å²) in [5.41, 5.74) is 6.25. The standard InChI is InChI=1S/C12H26N2/c1-12(2,3)7-9-14-8-5-4-6-11(14)10-13/h11H,4-10,13H2,1-3H3. The van der Waals surface area contributed by atoms with Gasteiger partial charge in [-0.25, -0.2) is 0 Å². The molecule has 2 heteroatoms. The summed E-state index contributed by atoms with van der Waals surface area (Å²) in [5, 5.41) is 0. The van der Waals surface area contributed by atoms with Crippen LogP contribution in [0.5, 0.6) is 0 Å². The van der Waals surface area contributed by atoms with Gasteiger partial charge in [0.1, 0.15) is 0 Å². The van der Waals surface area contributed by atoms with Gasteiger partial charge in [0.25, 0.3) is 0 Å². The van der Waals surface area contributed by atoms with Crippen molar-refractivity contribution in [2.24, 2.45) is 11.1 Å². The molecular weight excluding hydrogens is 172 g/mol. The van der Waals surface area contributed by atoms with Crippen molar-refractivity contribution < 1.29 is 0 Å². The van der Waals surface area contributed by atoms with Crippen LogP contribution in [0.1, 0.15) is 46.5 Å². The third-order valence-electron chi connectivity index (χ3n) is 3.17. The van der Waals surface area contributed by atoms with Gasteiger partial charge in [-0.2, -0.15) is 0 Å². The van der Waals surface area contributed by atoms with Gasteiger partial charge in [-0.1, -0.05) is 27.2 Å². The fourth-order valence-corrected chi connectivity index (χ4v) is 2.10. The van der Waals surface area contributed by atoms with Gasteiger partial charge >= 0.3 is 0 Å². The lowest BCUT2D eigenvalue weighted by molar-refractivity contribution is 0.134. The lowest BCUT2D eigenvalue weighted by Crippen LogP contribution is -2.45. The molecule has 1 atom stereocenters. The molecule has 0 aromatic rings. The maximum atomic E-state index is 5.79. The highest BCUT2D eigenvalue weighted by molar-refractivity contribution is 4.78. The molecule has 1 fully saturated rings. The Labute approximate surface area is 88.8 Å². The third kappa shape index (κ3) is 3.97. The quantitative estimate of drug-likeness (QED) is 0.753. The fraction of sp³-hybridized carbons (Fsp3) is 1.00. The largest absolute Gasteiger partial charge is 0.329 e. The summed E-state index contributed by atoms with van der Waals surface area (Å²) in [6.07, 6.45) is 5.32. The van der Waals surface area contributed by atoms with Crippen molar-refractivity contribution in [3.05, 3.63) is 0 Å². The summed E-state index contributed by atoms with van der Waals surface area (Å²) < 4.78 is 0. The average Bonchev–Trinajstić information content (AvgIpc) is 2.14. The van der Waals surface area contributed by atoms with Gasteiger partial charge in [-0.15, -0.1) is 0 Å². The van der Waals surface area contributed by atoms with Crippen molar-refractivity contribution in [3.8, 4) is 0 Å². The molecule has 1 unspecified atom stereocenters. The highest BCUT2D eigenvalue weighted by atomic mass is 15.2. The molecule has 0 saturated carbocycles. The van der Waals surface area contributed by atoms with Gasteiger partial charge in [0, 0.05) is 12.6 Å². The van der Waals surface area contributed by atoms with Gasteiger partial charge in [-0.3, -0.25) is 4.90 Å². The highest BCUT2D eigenvalue weighted by Gasteiger charge is 2.22. The molecule has 84 valence electrons. The predicted molar refractivity (Wildman–Crippen MR) is 62.3 cm³/mol. The monoisotopic (exact) mass is 198 g/mol. The van der Waals surface area contributed by atoms with Crippen LogP contribution in [0.3, 0.4) is 0 Å². The van der Waals surface area contributed by atoms with Crippen molar-refractivity contribution >= 4 is 0 Å². The minimum Gasteiger partial charge on any atom is -0.329 e. The van der Waals surface area contributed by atoms with E-state index in [0.717, 1.165) is 6.54 Å². The molecule has 1 heterocycles. The van der Waals surface area contributed by atoms with Crippen LogP contribution in [-0.2, 0) is 0 Å². The molecule has 1 rings (SSSR count). The van der Waals surface area contributed by atoms with Gasteiger partial charge in [0.15, 0.2) is 0 Å². The molecule has 2 nitrogen and oxygen atoms in total. The first kappa shape index (κ1) is 12.0. The van der Waals surface area contributed by atoms with Crippen LogP contribution >= 0.6 is 0 Å². The van der Waals surface area contributed by atoms with E-state index in [1.807, 2.05) is 0 Å². The summed E-state index contributed by atoms with van der Waals surface area (Å²) in [6, 6.07) is 0.658. The Hall–Kier alpha value is -0.0800. The van der Waals surface area contributed by atoms with Crippen LogP contribution in [0.2, 0.25) is 0 Å². The summed E-state index contributed by atoms with van der Waals surface area (Å²) in [4.78, 5) is 2.59. The first-order valence-electron chi connectivity index (χ1n) is 5.97. The van der Waals surface area contributed by atoms with E-state index in [0.29, 0.717) is 11.5 Å². The van der Waals surface area contributed by atoms with Crippen LogP contribution in [0.4, 0.5) is 0 Å². The molecule has 1 saturated heterocycles. The Kier molecular flexibility index (Phi) is 4.39. The second kappa shape index (κ2) is 5.13. The lowest BCUT2D eigenvalue weighted by atomic mass is 9.91. The van der Waals surface area contributed by atoms with Gasteiger partial charge in [-0.05, 0) is 37.8 Å². The van der Waals surface area contributed by atoms with Crippen molar-refractivity contribution in [2.45, 2.75) is 52.5 Å². The summed E-state index contributed by atoms with van der Waals surface area (Å²) >= 11 is 0. The number of piperidine rings is 1. The van der Waals surface area contributed by atoms with Crippen molar-refractivity contribution in [1.29, 1.82) is 0 Å². The van der Waals surface area contributed by atoms with Crippen molar-refractivity contribution in [1.82, 2.24) is 4.90 Å². The number of nitrogens with two attached hydrogens (primary N) is 1. The molecule has 0 aliphatic carbocycles. The first-order chi connectivity index (χ1) is 6.53. The zero-order valence-electron chi connectivity index (χ0n) is 10.1. The predicted octanol–water partition coefficient (Wildman–Crippen LogP) is 2.24. The zero-order valence-corrected chi connectivity index (χ0v) is 10.1. The Morgan fingerprint density at radius 3 is 2.57 bits per heavy atom. The molecule has 0 bridgehead atoms. The second-order valence-electron chi connectivity index (χ2n) is 5.73. The lowest BCUT2D eigenvalue weighted by Gasteiger charge is -2.36. The van der Waals surface area contributed by atoms with E-state index < -0.39 is 0 Å². The summed E-state index contributed by atoms with van der Waals surface area (Å²) in [7, 11) is 0. The molecule has 2 N–H and O–H groups in total. The van der Waals surface area contributed by atoms with Gasteiger partial charge in [0.2, 0.25) is 0 Å². The summed E-state index contributed by atoms with van der Waals surface area (Å²) in [6.45, 7) is 10.3. The third-order valence-corrected chi connectivity index (χ3v) is 3.17. The highest BCUT2D eigenvalue weighted by Crippen LogP contribution is 2.22. The van der Waals surface area contributed by atoms with E-state index in [4.69, 9.17) is 5.73 Å². The van der Waals surface area contributed by atoms with E-state index in [1.165, 1.54) is 38.8 Å². The first-order valence-corrected chi connectivity index (χ1v) is 5.97. The molecule has 0 aromatic heterocycles. The molecule has 14 heavy (non-hydrogen) atoms. The number of likely N-dealkylation sites (tertiary alicyclic amines) is 1. The molecular formula is C12H26N2. The minimum absolute atomic E-state index is 0.455. The van der Waals surface area contributed by atoms with Crippen LogP contribution in [0.15, 0.2) is 0 Å². The Bertz CT molecular complexity index is 160. The average molecular weight is 198 g/mol. The molecule has 0 amide bonds. The van der Waals surface area contributed by atoms with E-state index in [1.54, 1.807) is 0 Å². The van der Waals surface area contributed by atoms with Crippen LogP contribution < -0.4 is 5.73 Å². The van der Waals surface area contributed by atoms with Gasteiger partial charge in [0.05, 0.1) is 0 Å². The van der Waals surface area contributed by atoms with E-state index in [9.17, 15) is 0 Å². The topological polar surface area (TPSA) is 29.3 Å². The van der Waals surface area contributed by atoms with Gasteiger partial charge < -0.3 is 5.73 Å². The van der Waals surface area contributed by atoms with E-state index >= 15 is 0 Å². The Morgan fingerprint density at radius 1 is 1.29 bits per heavy atom. The zero-order chi connectivity index (χ0) is 10.6. The Balaban J connectivity index is 2.33. The second-order valence-corrected chi connectivity index (χ2v) is 5.73. The minimum atomic E-state index is 0.455. The molecule has 0 radical (unpaired) electrons. The van der Waals surface area contributed by atoms with Crippen molar-refractivity contribution in [3.63, 3.8) is 0 Å². The SMILES string of the molecule is CC(C)(C)CCN1CCCCC1CN. The maximum absolute atomic E-state index is 5.79. The van der Waals surface area contributed by atoms with Crippen LogP contribution in [-0.4, -0.2) is 30.6 Å². The maximum Gasteiger partial charge on any atom is 0.0218 e. The molecule has 1 aliphatic heterocycles. The molecule has 0 aromatic carbocycles. The normalized spacial score (nSPS) is 25.3. The smallest absolute Gasteiger partial charge is 0.0218 e. The van der Waals surface area contributed by atoms with Crippen LogP contribution in [0.25, 0.3) is 0 Å². The number of hydrogen-bond acceptors (Lipinski definition) is 2. The van der Waals surface area contributed by atoms with Crippen molar-refractivity contribution in [2.75, 3.05) is 19.6 Å².